The average Bonchev–Trinajstić information content (AvgIpc) is 2.67. The normalized spacial score (nSPS) is 11.4. The van der Waals surface area contributed by atoms with Crippen LogP contribution in [-0.4, -0.2) is 33.7 Å². The largest absolute Gasteiger partial charge is 0.350 e. The molecule has 0 spiro atoms. The van der Waals surface area contributed by atoms with Gasteiger partial charge in [-0.05, 0) is 5.41 Å². The molecule has 0 saturated carbocycles. The fourth-order valence-corrected chi connectivity index (χ4v) is 0.863. The second-order valence-corrected chi connectivity index (χ2v) is 4.10. The van der Waals surface area contributed by atoms with Crippen molar-refractivity contribution in [3.8, 4) is 0 Å². The number of aromatic nitrogens is 3. The van der Waals surface area contributed by atoms with E-state index >= 15 is 0 Å². The van der Waals surface area contributed by atoms with E-state index in [2.05, 4.69) is 20.7 Å². The zero-order chi connectivity index (χ0) is 10.6. The topological polar surface area (TPSA) is 70.7 Å². The van der Waals surface area contributed by atoms with Gasteiger partial charge >= 0.3 is 0 Å². The van der Waals surface area contributed by atoms with Gasteiger partial charge in [0.05, 0.1) is 6.20 Å². The molecule has 1 rings (SSSR count). The minimum atomic E-state index is -0.239. The van der Waals surface area contributed by atoms with Crippen LogP contribution in [-0.2, 0) is 0 Å². The highest BCUT2D eigenvalue weighted by atomic mass is 35.5. The van der Waals surface area contributed by atoms with Crippen molar-refractivity contribution in [1.29, 1.82) is 0 Å². The van der Waals surface area contributed by atoms with Crippen molar-refractivity contribution in [1.82, 2.24) is 20.7 Å². The zero-order valence-electron chi connectivity index (χ0n) is 8.17. The third kappa shape index (κ3) is 2.99. The van der Waals surface area contributed by atoms with E-state index in [1.807, 2.05) is 13.8 Å². The molecule has 0 bridgehead atoms. The maximum absolute atomic E-state index is 11.4. The van der Waals surface area contributed by atoms with Crippen molar-refractivity contribution >= 4 is 17.5 Å². The van der Waals surface area contributed by atoms with E-state index in [1.165, 1.54) is 6.20 Å². The van der Waals surface area contributed by atoms with Gasteiger partial charge in [-0.1, -0.05) is 13.8 Å². The molecule has 0 aliphatic carbocycles. The smallest absolute Gasteiger partial charge is 0.273 e. The van der Waals surface area contributed by atoms with E-state index in [1.54, 1.807) is 0 Å². The summed E-state index contributed by atoms with van der Waals surface area (Å²) in [6, 6.07) is 0. The lowest BCUT2D eigenvalue weighted by molar-refractivity contribution is 0.0935. The van der Waals surface area contributed by atoms with Gasteiger partial charge in [0.25, 0.3) is 5.91 Å². The molecule has 0 radical (unpaired) electrons. The van der Waals surface area contributed by atoms with Crippen LogP contribution in [0.1, 0.15) is 24.3 Å². The van der Waals surface area contributed by atoms with Gasteiger partial charge in [-0.2, -0.15) is 15.4 Å². The Morgan fingerprint density at radius 1 is 1.71 bits per heavy atom. The number of rotatable bonds is 4. The van der Waals surface area contributed by atoms with Crippen LogP contribution in [0.2, 0.25) is 0 Å². The summed E-state index contributed by atoms with van der Waals surface area (Å²) in [5.74, 6) is 0.253. The number of aromatic amines is 1. The second kappa shape index (κ2) is 4.41. The molecule has 5 nitrogen and oxygen atoms in total. The summed E-state index contributed by atoms with van der Waals surface area (Å²) < 4.78 is 0. The van der Waals surface area contributed by atoms with Gasteiger partial charge < -0.3 is 5.32 Å². The highest BCUT2D eigenvalue weighted by Crippen LogP contribution is 2.15. The molecule has 1 heterocycles. The van der Waals surface area contributed by atoms with Gasteiger partial charge in [0.2, 0.25) is 0 Å². The van der Waals surface area contributed by atoms with Gasteiger partial charge in [-0.25, -0.2) is 0 Å². The Morgan fingerprint density at radius 2 is 2.43 bits per heavy atom. The van der Waals surface area contributed by atoms with Crippen LogP contribution in [0, 0.1) is 5.41 Å². The second-order valence-electron chi connectivity index (χ2n) is 3.84. The van der Waals surface area contributed by atoms with E-state index in [0.29, 0.717) is 12.4 Å². The maximum Gasteiger partial charge on any atom is 0.273 e. The number of hydrogen-bond acceptors (Lipinski definition) is 3. The number of halogens is 1. The van der Waals surface area contributed by atoms with E-state index in [4.69, 9.17) is 11.6 Å². The van der Waals surface area contributed by atoms with E-state index in [9.17, 15) is 4.79 Å². The molecule has 0 aromatic carbocycles. The lowest BCUT2D eigenvalue weighted by Gasteiger charge is -2.21. The minimum Gasteiger partial charge on any atom is -0.350 e. The lowest BCUT2D eigenvalue weighted by Crippen LogP contribution is -2.35. The molecule has 1 aromatic heterocycles. The zero-order valence-corrected chi connectivity index (χ0v) is 8.93. The van der Waals surface area contributed by atoms with Crippen molar-refractivity contribution in [2.24, 2.45) is 5.41 Å². The summed E-state index contributed by atoms with van der Waals surface area (Å²) in [6.07, 6.45) is 1.38. The number of nitrogens with one attached hydrogen (secondary N) is 2. The molecule has 2 N–H and O–H groups in total. The monoisotopic (exact) mass is 216 g/mol. The number of amides is 1. The van der Waals surface area contributed by atoms with Crippen molar-refractivity contribution in [2.75, 3.05) is 12.4 Å². The molecule has 1 amide bonds. The molecule has 0 saturated heterocycles. The molecule has 0 unspecified atom stereocenters. The molecule has 0 fully saturated rings. The van der Waals surface area contributed by atoms with Gasteiger partial charge in [0.15, 0.2) is 5.69 Å². The fourth-order valence-electron chi connectivity index (χ4n) is 0.768. The number of carbonyl (C=O) groups excluding carboxylic acids is 1. The highest BCUT2D eigenvalue weighted by Gasteiger charge is 2.18. The lowest BCUT2D eigenvalue weighted by atomic mass is 9.96. The summed E-state index contributed by atoms with van der Waals surface area (Å²) in [5, 5.41) is 12.3. The van der Waals surface area contributed by atoms with E-state index in [0.717, 1.165) is 0 Å². The van der Waals surface area contributed by atoms with E-state index < -0.39 is 0 Å². The molecule has 6 heteroatoms. The summed E-state index contributed by atoms with van der Waals surface area (Å²) in [5.41, 5.74) is 0.177. The van der Waals surface area contributed by atoms with Gasteiger partial charge in [0.1, 0.15) is 0 Å². The third-order valence-corrected chi connectivity index (χ3v) is 2.46. The Bertz CT molecular complexity index is 296. The number of nitrogens with zero attached hydrogens (tertiary/aromatic N) is 2. The standard InChI is InChI=1S/C8H13ClN4O/c1-8(2,4-9)5-10-7(14)6-3-11-13-12-6/h3H,4-5H2,1-2H3,(H,10,14)(H,11,12,13). The quantitative estimate of drug-likeness (QED) is 0.732. The van der Waals surface area contributed by atoms with Crippen LogP contribution in [0.4, 0.5) is 0 Å². The summed E-state index contributed by atoms with van der Waals surface area (Å²) in [6.45, 7) is 4.47. The first-order valence-electron chi connectivity index (χ1n) is 4.25. The van der Waals surface area contributed by atoms with Gasteiger partial charge in [-0.3, -0.25) is 4.79 Å². The van der Waals surface area contributed by atoms with Gasteiger partial charge in [-0.15, -0.1) is 11.6 Å². The molecule has 14 heavy (non-hydrogen) atoms. The number of alkyl halides is 1. The van der Waals surface area contributed by atoms with Crippen LogP contribution in [0.15, 0.2) is 6.20 Å². The van der Waals surface area contributed by atoms with Crippen LogP contribution in [0.5, 0.6) is 0 Å². The minimum absolute atomic E-state index is 0.110. The summed E-state index contributed by atoms with van der Waals surface area (Å²) in [4.78, 5) is 11.4. The van der Waals surface area contributed by atoms with Gasteiger partial charge in [0, 0.05) is 12.4 Å². The van der Waals surface area contributed by atoms with E-state index in [-0.39, 0.29) is 17.0 Å². The predicted octanol–water partition coefficient (Wildman–Crippen LogP) is 0.799. The van der Waals surface area contributed by atoms with Crippen molar-refractivity contribution in [3.05, 3.63) is 11.9 Å². The summed E-state index contributed by atoms with van der Waals surface area (Å²) in [7, 11) is 0. The first kappa shape index (κ1) is 11.0. The number of carbonyl (C=O) groups is 1. The third-order valence-electron chi connectivity index (χ3n) is 1.74. The van der Waals surface area contributed by atoms with Crippen LogP contribution >= 0.6 is 11.6 Å². The number of H-pyrrole nitrogens is 1. The Labute approximate surface area is 87.2 Å². The molecule has 0 aliphatic rings. The van der Waals surface area contributed by atoms with Crippen LogP contribution in [0.25, 0.3) is 0 Å². The average molecular weight is 217 g/mol. The number of hydrogen-bond donors (Lipinski definition) is 2. The molecular weight excluding hydrogens is 204 g/mol. The molecule has 0 atom stereocenters. The van der Waals surface area contributed by atoms with Crippen LogP contribution in [0.3, 0.4) is 0 Å². The first-order chi connectivity index (χ1) is 6.55. The fraction of sp³-hybridized carbons (Fsp3) is 0.625. The van der Waals surface area contributed by atoms with Crippen molar-refractivity contribution in [2.45, 2.75) is 13.8 Å². The Hall–Kier alpha value is -1.10. The Kier molecular flexibility index (Phi) is 3.46. The Balaban J connectivity index is 2.43. The molecule has 1 aromatic rings. The Morgan fingerprint density at radius 3 is 2.93 bits per heavy atom. The molecule has 0 aliphatic heterocycles. The predicted molar refractivity (Wildman–Crippen MR) is 53.2 cm³/mol. The highest BCUT2D eigenvalue weighted by molar-refractivity contribution is 6.18. The summed E-state index contributed by atoms with van der Waals surface area (Å²) >= 11 is 5.72. The maximum atomic E-state index is 11.4. The SMILES string of the molecule is CC(C)(CCl)CNC(=O)c1cn[nH]n1. The molecular formula is C8H13ClN4O. The molecule has 78 valence electrons. The van der Waals surface area contributed by atoms with Crippen LogP contribution < -0.4 is 5.32 Å². The first-order valence-corrected chi connectivity index (χ1v) is 4.78. The van der Waals surface area contributed by atoms with Crippen molar-refractivity contribution < 1.29 is 4.79 Å². The van der Waals surface area contributed by atoms with Crippen molar-refractivity contribution in [3.63, 3.8) is 0 Å².